The summed E-state index contributed by atoms with van der Waals surface area (Å²) in [4.78, 5) is 61.3. The summed E-state index contributed by atoms with van der Waals surface area (Å²) in [6.45, 7) is 5.37. The smallest absolute Gasteiger partial charge is 0.420 e. The van der Waals surface area contributed by atoms with Gasteiger partial charge in [0.2, 0.25) is 23.6 Å². The Labute approximate surface area is 394 Å². The predicted molar refractivity (Wildman–Crippen MR) is 248 cm³/mol. The average Bonchev–Trinajstić information content (AvgIpc) is 3.62. The number of imide groups is 1. The first-order chi connectivity index (χ1) is 33.1. The van der Waals surface area contributed by atoms with Crippen LogP contribution in [-0.4, -0.2) is 85.7 Å². The fourth-order valence-electron chi connectivity index (χ4n) is 11.9. The molecule has 1 saturated carbocycles. The molecule has 0 radical (unpaired) electrons. The van der Waals surface area contributed by atoms with Gasteiger partial charge in [0, 0.05) is 53.7 Å². The third-order valence-corrected chi connectivity index (χ3v) is 16.9. The zero-order chi connectivity index (χ0) is 46.2. The van der Waals surface area contributed by atoms with Gasteiger partial charge in [-0.05, 0) is 120 Å². The van der Waals surface area contributed by atoms with Crippen LogP contribution in [0.4, 0.5) is 10.7 Å². The van der Waals surface area contributed by atoms with Crippen LogP contribution in [0.25, 0.3) is 22.6 Å². The van der Waals surface area contributed by atoms with Crippen molar-refractivity contribution in [1.29, 1.82) is 5.26 Å². The van der Waals surface area contributed by atoms with Gasteiger partial charge in [-0.15, -0.1) is 11.3 Å². The van der Waals surface area contributed by atoms with Crippen molar-refractivity contribution < 1.29 is 28.0 Å². The molecule has 3 aliphatic heterocycles. The number of rotatable bonds is 10. The van der Waals surface area contributed by atoms with E-state index in [4.69, 9.17) is 34.1 Å². The number of hydrogen-bond donors (Lipinski definition) is 2. The largest absolute Gasteiger partial charge is 0.477 e. The van der Waals surface area contributed by atoms with Crippen molar-refractivity contribution in [2.75, 3.05) is 50.0 Å². The van der Waals surface area contributed by atoms with Crippen LogP contribution >= 0.6 is 11.3 Å². The Hall–Kier alpha value is -6.65. The van der Waals surface area contributed by atoms with E-state index < -0.39 is 23.1 Å². The highest BCUT2D eigenvalue weighted by molar-refractivity contribution is 7.16. The van der Waals surface area contributed by atoms with Crippen molar-refractivity contribution in [1.82, 2.24) is 39.9 Å². The molecule has 4 fully saturated rings. The minimum atomic E-state index is -0.766. The lowest BCUT2D eigenvalue weighted by Gasteiger charge is -2.48. The number of oxazole rings is 1. The predicted octanol–water partition coefficient (Wildman–Crippen LogP) is 6.62. The van der Waals surface area contributed by atoms with Gasteiger partial charge in [-0.1, -0.05) is 5.16 Å². The minimum absolute atomic E-state index is 0.0248. The summed E-state index contributed by atoms with van der Waals surface area (Å²) < 4.78 is 26.1. The highest BCUT2D eigenvalue weighted by Crippen LogP contribution is 2.55. The standard InChI is InChI=1S/C49H51N11O7S/c50-23-32-40-36(68-43(32)51)4-2-10-49(40)9-1-3-31-41(57-67-42(31)49)44-55-38(22-39(56-44)65-30-24-52-28-53-25-30)64-27-48(11-12-48)26-58-17-13-47(14-18-58)15-19-59(20-16-47)29-5-6-33-35(21-29)66-46(63)60(33)34-7-8-37(61)54-45(34)62/h5-6,21-22,24-25,28,34H,1-4,7-20,26-27,51H2,(H,54,61,62)/t34?,49-/m0/s1. The fourth-order valence-corrected chi connectivity index (χ4v) is 13.1. The number of carbonyl (C=O) groups excluding carboxylic acids is 2. The summed E-state index contributed by atoms with van der Waals surface area (Å²) in [7, 11) is 0. The lowest BCUT2D eigenvalue weighted by atomic mass is 9.63. The monoisotopic (exact) mass is 937 g/mol. The number of carbonyl (C=O) groups is 2. The summed E-state index contributed by atoms with van der Waals surface area (Å²) in [5.41, 5.74) is 11.3. The second-order valence-corrected chi connectivity index (χ2v) is 21.0. The van der Waals surface area contributed by atoms with Crippen LogP contribution in [0.5, 0.6) is 17.5 Å². The van der Waals surface area contributed by atoms with Gasteiger partial charge >= 0.3 is 5.76 Å². The molecule has 3 N–H and O–H groups in total. The third kappa shape index (κ3) is 7.48. The molecule has 8 heterocycles. The van der Waals surface area contributed by atoms with Gasteiger partial charge in [-0.3, -0.25) is 19.5 Å². The Morgan fingerprint density at radius 1 is 0.926 bits per heavy atom. The highest BCUT2D eigenvalue weighted by Gasteiger charge is 2.50. The highest BCUT2D eigenvalue weighted by atomic mass is 32.1. The van der Waals surface area contributed by atoms with Crippen molar-refractivity contribution in [2.45, 2.75) is 101 Å². The number of anilines is 2. The first-order valence-corrected chi connectivity index (χ1v) is 24.6. The molecular formula is C49H51N11O7S. The van der Waals surface area contributed by atoms with Crippen molar-refractivity contribution in [3.05, 3.63) is 80.9 Å². The number of piperidine rings is 3. The van der Waals surface area contributed by atoms with E-state index in [2.05, 4.69) is 36.3 Å². The van der Waals surface area contributed by atoms with Crippen LogP contribution in [0, 0.1) is 22.2 Å². The van der Waals surface area contributed by atoms with Gasteiger partial charge in [0.1, 0.15) is 23.4 Å². The Kier molecular flexibility index (Phi) is 10.4. The lowest BCUT2D eigenvalue weighted by molar-refractivity contribution is -0.135. The maximum atomic E-state index is 12.9. The van der Waals surface area contributed by atoms with Crippen LogP contribution < -0.4 is 31.2 Å². The van der Waals surface area contributed by atoms with Crippen molar-refractivity contribution in [2.24, 2.45) is 10.8 Å². The molecule has 2 amide bonds. The summed E-state index contributed by atoms with van der Waals surface area (Å²) in [5, 5.41) is 17.7. The number of nitrogen functional groups attached to an aromatic ring is 1. The van der Waals surface area contributed by atoms with Crippen molar-refractivity contribution >= 4 is 44.9 Å². The molecule has 2 atom stereocenters. The van der Waals surface area contributed by atoms with Gasteiger partial charge in [0.25, 0.3) is 0 Å². The zero-order valence-corrected chi connectivity index (χ0v) is 38.4. The number of benzene rings is 1. The number of likely N-dealkylation sites (tertiary alicyclic amines) is 1. The second-order valence-electron chi connectivity index (χ2n) is 19.8. The Morgan fingerprint density at radius 3 is 2.46 bits per heavy atom. The number of thiophene rings is 1. The maximum absolute atomic E-state index is 12.9. The molecule has 1 unspecified atom stereocenters. The Balaban J connectivity index is 0.711. The second kappa shape index (κ2) is 16.5. The third-order valence-electron chi connectivity index (χ3n) is 15.8. The SMILES string of the molecule is N#Cc1c(N)sc2c1[C@@]1(CCC2)CCCc2c(-c3nc(OCC4(CN5CCC6(CC5)CCN(c5ccc7c(c5)oc(=O)n7C5CCC(=O)NC5=O)CC6)CC4)cc(Oc4cncnc4)n3)noc21. The number of nitriles is 1. The summed E-state index contributed by atoms with van der Waals surface area (Å²) in [6, 6.07) is 9.11. The minimum Gasteiger partial charge on any atom is -0.477 e. The molecule has 5 aromatic heterocycles. The summed E-state index contributed by atoms with van der Waals surface area (Å²) >= 11 is 1.52. The fraction of sp³-hybridized carbons (Fsp3) is 0.490. The van der Waals surface area contributed by atoms with E-state index >= 15 is 0 Å². The van der Waals surface area contributed by atoms with Crippen LogP contribution in [0.15, 0.2) is 56.7 Å². The number of aryl methyl sites for hydroxylation is 1. The summed E-state index contributed by atoms with van der Waals surface area (Å²) in [5.74, 6) is 0.855. The molecule has 19 heteroatoms. The molecule has 68 heavy (non-hydrogen) atoms. The molecule has 12 rings (SSSR count). The number of fused-ring (bicyclic) bond motifs is 5. The van der Waals surface area contributed by atoms with E-state index in [0.29, 0.717) is 51.4 Å². The van der Waals surface area contributed by atoms with E-state index in [9.17, 15) is 19.6 Å². The Bertz CT molecular complexity index is 3060. The molecule has 2 spiro atoms. The first-order valence-electron chi connectivity index (χ1n) is 23.8. The molecule has 6 aromatic rings. The zero-order valence-electron chi connectivity index (χ0n) is 37.6. The van der Waals surface area contributed by atoms with Crippen LogP contribution in [0.1, 0.15) is 110 Å². The van der Waals surface area contributed by atoms with Gasteiger partial charge in [0.15, 0.2) is 28.6 Å². The number of nitrogens with one attached hydrogen (secondary N) is 1. The van der Waals surface area contributed by atoms with E-state index in [1.807, 2.05) is 18.2 Å². The molecule has 3 saturated heterocycles. The average molecular weight is 938 g/mol. The Morgan fingerprint density at radius 2 is 1.69 bits per heavy atom. The number of nitrogens with two attached hydrogens (primary N) is 1. The molecule has 18 nitrogen and oxygen atoms in total. The number of amides is 2. The molecule has 6 aliphatic rings. The molecule has 3 aliphatic carbocycles. The van der Waals surface area contributed by atoms with Crippen molar-refractivity contribution in [3.8, 4) is 35.1 Å². The number of nitrogens with zero attached hydrogens (tertiary/aromatic N) is 9. The van der Waals surface area contributed by atoms with E-state index in [0.717, 1.165) is 137 Å². The van der Waals surface area contributed by atoms with Gasteiger partial charge < -0.3 is 33.9 Å². The van der Waals surface area contributed by atoms with Gasteiger partial charge in [0.05, 0.1) is 41.6 Å². The molecule has 0 bridgehead atoms. The maximum Gasteiger partial charge on any atom is 0.420 e. The lowest BCUT2D eigenvalue weighted by Crippen LogP contribution is -2.48. The normalized spacial score (nSPS) is 23.0. The van der Waals surface area contributed by atoms with E-state index in [1.165, 1.54) is 22.2 Å². The van der Waals surface area contributed by atoms with Gasteiger partial charge in [-0.25, -0.2) is 14.8 Å². The quantitative estimate of drug-likeness (QED) is 0.137. The molecule has 1 aromatic carbocycles. The van der Waals surface area contributed by atoms with E-state index in [-0.39, 0.29) is 35.5 Å². The van der Waals surface area contributed by atoms with Crippen LogP contribution in [0.3, 0.4) is 0 Å². The molecular weight excluding hydrogens is 887 g/mol. The van der Waals surface area contributed by atoms with Crippen LogP contribution in [0.2, 0.25) is 0 Å². The topological polar surface area (TPSA) is 234 Å². The molecule has 350 valence electrons. The van der Waals surface area contributed by atoms with Crippen molar-refractivity contribution in [3.63, 3.8) is 0 Å². The first kappa shape index (κ1) is 42.7. The number of ether oxygens (including phenoxy) is 2. The van der Waals surface area contributed by atoms with E-state index in [1.54, 1.807) is 18.5 Å². The number of hydrogen-bond acceptors (Lipinski definition) is 17. The van der Waals surface area contributed by atoms with Gasteiger partial charge in [-0.2, -0.15) is 15.2 Å². The van der Waals surface area contributed by atoms with Crippen LogP contribution in [-0.2, 0) is 27.8 Å². The summed E-state index contributed by atoms with van der Waals surface area (Å²) in [6.07, 6.45) is 16.9. The number of aromatic nitrogens is 6.